The van der Waals surface area contributed by atoms with Gasteiger partial charge in [-0.25, -0.2) is 9.18 Å². The molecule has 0 spiro atoms. The van der Waals surface area contributed by atoms with E-state index in [2.05, 4.69) is 10.3 Å². The van der Waals surface area contributed by atoms with E-state index < -0.39 is 5.97 Å². The number of anilines is 2. The standard InChI is InChI=1S/C24H26FN3O3/c1-2-31-24(30)19-15-26-21-6-4-3-5-18(21)23(19)27-14-16-7-8-22(20(25)13-16)28-11-9-17(29)10-12-28/h3-8,13,15,17,29H,2,9-12,14H2,1H3,(H,26,27). The van der Waals surface area contributed by atoms with Gasteiger partial charge in [0.1, 0.15) is 11.4 Å². The number of ether oxygens (including phenoxy) is 1. The van der Waals surface area contributed by atoms with E-state index in [4.69, 9.17) is 4.74 Å². The van der Waals surface area contributed by atoms with Crippen LogP contribution in [0.25, 0.3) is 10.9 Å². The van der Waals surface area contributed by atoms with Crippen molar-refractivity contribution in [3.63, 3.8) is 0 Å². The second-order valence-corrected chi connectivity index (χ2v) is 7.64. The SMILES string of the molecule is CCOC(=O)c1cnc2ccccc2c1NCc1ccc(N2CCC(O)CC2)c(F)c1. The van der Waals surface area contributed by atoms with Crippen molar-refractivity contribution < 1.29 is 19.0 Å². The molecule has 1 saturated heterocycles. The lowest BCUT2D eigenvalue weighted by molar-refractivity contribution is 0.0527. The molecule has 1 aromatic heterocycles. The largest absolute Gasteiger partial charge is 0.462 e. The van der Waals surface area contributed by atoms with Crippen LogP contribution < -0.4 is 10.2 Å². The molecule has 1 aliphatic rings. The van der Waals surface area contributed by atoms with Gasteiger partial charge in [0.05, 0.1) is 29.6 Å². The van der Waals surface area contributed by atoms with Crippen LogP contribution in [0.2, 0.25) is 0 Å². The van der Waals surface area contributed by atoms with Gasteiger partial charge < -0.3 is 20.1 Å². The molecule has 0 radical (unpaired) electrons. The Morgan fingerprint density at radius 2 is 2.03 bits per heavy atom. The average molecular weight is 423 g/mol. The van der Waals surface area contributed by atoms with Gasteiger partial charge in [-0.15, -0.1) is 0 Å². The van der Waals surface area contributed by atoms with Crippen molar-refractivity contribution in [3.05, 3.63) is 65.6 Å². The number of para-hydroxylation sites is 1. The topological polar surface area (TPSA) is 74.7 Å². The lowest BCUT2D eigenvalue weighted by atomic mass is 10.1. The summed E-state index contributed by atoms with van der Waals surface area (Å²) in [5, 5.41) is 13.8. The number of nitrogens with one attached hydrogen (secondary N) is 1. The van der Waals surface area contributed by atoms with Gasteiger partial charge in [-0.05, 0) is 43.5 Å². The summed E-state index contributed by atoms with van der Waals surface area (Å²) in [5.74, 6) is -0.738. The van der Waals surface area contributed by atoms with Crippen LogP contribution in [0.1, 0.15) is 35.7 Å². The number of fused-ring (bicyclic) bond motifs is 1. The van der Waals surface area contributed by atoms with Crippen LogP contribution in [0.3, 0.4) is 0 Å². The predicted octanol–water partition coefficient (Wildman–Crippen LogP) is 4.12. The first kappa shape index (κ1) is 21.1. The monoisotopic (exact) mass is 423 g/mol. The summed E-state index contributed by atoms with van der Waals surface area (Å²) in [6.45, 7) is 3.65. The first-order valence-corrected chi connectivity index (χ1v) is 10.6. The van der Waals surface area contributed by atoms with Crippen molar-refractivity contribution in [2.24, 2.45) is 0 Å². The van der Waals surface area contributed by atoms with Crippen molar-refractivity contribution in [3.8, 4) is 0 Å². The highest BCUT2D eigenvalue weighted by Crippen LogP contribution is 2.28. The van der Waals surface area contributed by atoms with Gasteiger partial charge in [0.2, 0.25) is 0 Å². The number of aliphatic hydroxyl groups excluding tert-OH is 1. The molecule has 0 aliphatic carbocycles. The molecule has 1 fully saturated rings. The highest BCUT2D eigenvalue weighted by molar-refractivity contribution is 6.04. The molecule has 0 bridgehead atoms. The van der Waals surface area contributed by atoms with Gasteiger partial charge in [0.15, 0.2) is 0 Å². The first-order valence-electron chi connectivity index (χ1n) is 10.6. The molecule has 0 amide bonds. The Kier molecular flexibility index (Phi) is 6.32. The lowest BCUT2D eigenvalue weighted by Gasteiger charge is -2.31. The van der Waals surface area contributed by atoms with Crippen LogP contribution in [0.5, 0.6) is 0 Å². The van der Waals surface area contributed by atoms with Gasteiger partial charge in [-0.3, -0.25) is 4.98 Å². The summed E-state index contributed by atoms with van der Waals surface area (Å²) in [6.07, 6.45) is 2.51. The van der Waals surface area contributed by atoms with Crippen LogP contribution in [0, 0.1) is 5.82 Å². The third-order valence-electron chi connectivity index (χ3n) is 5.56. The van der Waals surface area contributed by atoms with E-state index >= 15 is 0 Å². The number of hydrogen-bond donors (Lipinski definition) is 2. The van der Waals surface area contributed by atoms with Crippen LogP contribution in [0.4, 0.5) is 15.8 Å². The van der Waals surface area contributed by atoms with Gasteiger partial charge in [-0.2, -0.15) is 0 Å². The summed E-state index contributed by atoms with van der Waals surface area (Å²) in [7, 11) is 0. The minimum absolute atomic E-state index is 0.269. The van der Waals surface area contributed by atoms with Crippen molar-refractivity contribution in [1.82, 2.24) is 4.98 Å². The minimum Gasteiger partial charge on any atom is -0.462 e. The number of esters is 1. The quantitative estimate of drug-likeness (QED) is 0.581. The number of aliphatic hydroxyl groups is 1. The van der Waals surface area contributed by atoms with Gasteiger partial charge in [0.25, 0.3) is 0 Å². The third kappa shape index (κ3) is 4.61. The number of nitrogens with zero attached hydrogens (tertiary/aromatic N) is 2. The number of pyridine rings is 1. The Hall–Kier alpha value is -3.19. The van der Waals surface area contributed by atoms with Crippen molar-refractivity contribution in [1.29, 1.82) is 0 Å². The number of benzene rings is 2. The number of hydrogen-bond acceptors (Lipinski definition) is 6. The number of rotatable bonds is 6. The lowest BCUT2D eigenvalue weighted by Crippen LogP contribution is -2.36. The zero-order chi connectivity index (χ0) is 21.8. The Morgan fingerprint density at radius 3 is 2.77 bits per heavy atom. The van der Waals surface area contributed by atoms with Crippen LogP contribution in [-0.4, -0.2) is 41.9 Å². The molecule has 0 saturated carbocycles. The maximum absolute atomic E-state index is 14.8. The van der Waals surface area contributed by atoms with Gasteiger partial charge in [-0.1, -0.05) is 24.3 Å². The van der Waals surface area contributed by atoms with E-state index in [0.29, 0.717) is 49.4 Å². The van der Waals surface area contributed by atoms with Crippen molar-refractivity contribution in [2.75, 3.05) is 29.9 Å². The van der Waals surface area contributed by atoms with E-state index in [-0.39, 0.29) is 18.5 Å². The Morgan fingerprint density at radius 1 is 1.26 bits per heavy atom. The second kappa shape index (κ2) is 9.31. The summed E-state index contributed by atoms with van der Waals surface area (Å²) < 4.78 is 20.0. The number of aromatic nitrogens is 1. The predicted molar refractivity (Wildman–Crippen MR) is 119 cm³/mol. The molecule has 2 heterocycles. The van der Waals surface area contributed by atoms with Gasteiger partial charge in [0, 0.05) is 31.2 Å². The molecule has 0 atom stereocenters. The van der Waals surface area contributed by atoms with Gasteiger partial charge >= 0.3 is 5.97 Å². The second-order valence-electron chi connectivity index (χ2n) is 7.64. The maximum atomic E-state index is 14.8. The summed E-state index contributed by atoms with van der Waals surface area (Å²) in [4.78, 5) is 18.8. The summed E-state index contributed by atoms with van der Waals surface area (Å²) >= 11 is 0. The minimum atomic E-state index is -0.447. The van der Waals surface area contributed by atoms with E-state index in [0.717, 1.165) is 16.5 Å². The highest BCUT2D eigenvalue weighted by atomic mass is 19.1. The summed E-state index contributed by atoms with van der Waals surface area (Å²) in [5.41, 5.74) is 3.04. The molecule has 3 aromatic rings. The molecule has 2 N–H and O–H groups in total. The smallest absolute Gasteiger partial charge is 0.341 e. The Balaban J connectivity index is 1.57. The normalized spacial score (nSPS) is 14.6. The first-order chi connectivity index (χ1) is 15.1. The third-order valence-corrected chi connectivity index (χ3v) is 5.56. The molecular formula is C24H26FN3O3. The Labute approximate surface area is 180 Å². The molecule has 0 unspecified atom stereocenters. The van der Waals surface area contributed by atoms with E-state index in [9.17, 15) is 14.3 Å². The van der Waals surface area contributed by atoms with Crippen LogP contribution >= 0.6 is 0 Å². The molecule has 4 rings (SSSR count). The average Bonchev–Trinajstić information content (AvgIpc) is 2.78. The van der Waals surface area contributed by atoms with E-state index in [1.54, 1.807) is 13.0 Å². The van der Waals surface area contributed by atoms with E-state index in [1.165, 1.54) is 12.3 Å². The molecule has 162 valence electrons. The number of carbonyl (C=O) groups is 1. The van der Waals surface area contributed by atoms with Crippen LogP contribution in [-0.2, 0) is 11.3 Å². The number of halogens is 1. The fourth-order valence-electron chi connectivity index (χ4n) is 3.91. The highest BCUT2D eigenvalue weighted by Gasteiger charge is 2.20. The van der Waals surface area contributed by atoms with Crippen LogP contribution in [0.15, 0.2) is 48.7 Å². The number of piperidine rings is 1. The molecule has 2 aromatic carbocycles. The van der Waals surface area contributed by atoms with Crippen molar-refractivity contribution >= 4 is 28.2 Å². The maximum Gasteiger partial charge on any atom is 0.341 e. The molecule has 7 heteroatoms. The molecular weight excluding hydrogens is 397 g/mol. The molecule has 1 aliphatic heterocycles. The zero-order valence-corrected chi connectivity index (χ0v) is 17.5. The molecule has 6 nitrogen and oxygen atoms in total. The number of carbonyl (C=O) groups excluding carboxylic acids is 1. The fraction of sp³-hybridized carbons (Fsp3) is 0.333. The zero-order valence-electron chi connectivity index (χ0n) is 17.5. The Bertz CT molecular complexity index is 1080. The summed E-state index contributed by atoms with van der Waals surface area (Å²) in [6, 6.07) is 12.7. The van der Waals surface area contributed by atoms with E-state index in [1.807, 2.05) is 35.2 Å². The van der Waals surface area contributed by atoms with Crippen molar-refractivity contribution in [2.45, 2.75) is 32.4 Å². The molecule has 31 heavy (non-hydrogen) atoms. The fourth-order valence-corrected chi connectivity index (χ4v) is 3.91.